The van der Waals surface area contributed by atoms with E-state index in [1.165, 1.54) is 12.1 Å². The van der Waals surface area contributed by atoms with Gasteiger partial charge in [0.25, 0.3) is 0 Å². The summed E-state index contributed by atoms with van der Waals surface area (Å²) in [6, 6.07) is 4.23. The van der Waals surface area contributed by atoms with Crippen LogP contribution < -0.4 is 10.6 Å². The molecule has 0 spiro atoms. The molecule has 1 saturated heterocycles. The maximum absolute atomic E-state index is 13.4. The van der Waals surface area contributed by atoms with E-state index in [1.807, 2.05) is 0 Å². The zero-order chi connectivity index (χ0) is 13.0. The molecule has 2 rings (SSSR count). The number of halogens is 2. The molecular weight excluding hydrogens is 255 g/mol. The highest BCUT2D eigenvalue weighted by Gasteiger charge is 2.16. The van der Waals surface area contributed by atoms with Crippen LogP contribution in [-0.4, -0.2) is 19.0 Å². The minimum absolute atomic E-state index is 0.150. The van der Waals surface area contributed by atoms with Crippen LogP contribution in [0.4, 0.5) is 10.1 Å². The van der Waals surface area contributed by atoms with Gasteiger partial charge in [0.15, 0.2) is 0 Å². The van der Waals surface area contributed by atoms with Crippen LogP contribution in [0.3, 0.4) is 0 Å². The van der Waals surface area contributed by atoms with Gasteiger partial charge in [0.2, 0.25) is 5.91 Å². The molecule has 1 amide bonds. The number of hydrogen-bond donors (Lipinski definition) is 2. The Bertz CT molecular complexity index is 433. The second kappa shape index (κ2) is 6.16. The van der Waals surface area contributed by atoms with E-state index in [4.69, 9.17) is 11.6 Å². The molecule has 1 heterocycles. The molecule has 1 fully saturated rings. The lowest BCUT2D eigenvalue weighted by molar-refractivity contribution is -0.116. The third-order valence-electron chi connectivity index (χ3n) is 3.15. The number of carbonyl (C=O) groups excluding carboxylic acids is 1. The topological polar surface area (TPSA) is 41.1 Å². The molecule has 1 aromatic rings. The fourth-order valence-corrected chi connectivity index (χ4v) is 2.26. The van der Waals surface area contributed by atoms with Gasteiger partial charge in [-0.1, -0.05) is 11.6 Å². The Labute approximate surface area is 111 Å². The quantitative estimate of drug-likeness (QED) is 0.883. The van der Waals surface area contributed by atoms with E-state index in [0.29, 0.717) is 17.4 Å². The average molecular weight is 271 g/mol. The second-order valence-corrected chi connectivity index (χ2v) is 5.01. The SMILES string of the molecule is O=C(CCC1CCNC1)Nc1ccc(Cl)cc1F. The molecule has 0 aromatic heterocycles. The molecular formula is C13H16ClFN2O. The van der Waals surface area contributed by atoms with Gasteiger partial charge in [-0.2, -0.15) is 0 Å². The third-order valence-corrected chi connectivity index (χ3v) is 3.38. The van der Waals surface area contributed by atoms with Crippen molar-refractivity contribution in [2.24, 2.45) is 5.92 Å². The van der Waals surface area contributed by atoms with Crippen molar-refractivity contribution in [1.29, 1.82) is 0 Å². The summed E-state index contributed by atoms with van der Waals surface area (Å²) in [6.07, 6.45) is 2.38. The third kappa shape index (κ3) is 3.68. The Morgan fingerprint density at radius 2 is 2.39 bits per heavy atom. The minimum Gasteiger partial charge on any atom is -0.324 e. The number of anilines is 1. The van der Waals surface area contributed by atoms with E-state index in [9.17, 15) is 9.18 Å². The van der Waals surface area contributed by atoms with Gasteiger partial charge in [0.1, 0.15) is 5.82 Å². The number of amides is 1. The highest BCUT2D eigenvalue weighted by molar-refractivity contribution is 6.30. The van der Waals surface area contributed by atoms with Crippen LogP contribution in [0.5, 0.6) is 0 Å². The van der Waals surface area contributed by atoms with Crippen LogP contribution in [-0.2, 0) is 4.79 Å². The normalized spacial score (nSPS) is 18.9. The largest absolute Gasteiger partial charge is 0.324 e. The van der Waals surface area contributed by atoms with Crippen LogP contribution in [0, 0.1) is 11.7 Å². The van der Waals surface area contributed by atoms with Gasteiger partial charge in [0.05, 0.1) is 5.69 Å². The second-order valence-electron chi connectivity index (χ2n) is 4.57. The number of benzene rings is 1. The van der Waals surface area contributed by atoms with Crippen LogP contribution in [0.25, 0.3) is 0 Å². The van der Waals surface area contributed by atoms with Crippen molar-refractivity contribution in [3.05, 3.63) is 29.0 Å². The smallest absolute Gasteiger partial charge is 0.224 e. The van der Waals surface area contributed by atoms with Gasteiger partial charge < -0.3 is 10.6 Å². The number of hydrogen-bond acceptors (Lipinski definition) is 2. The van der Waals surface area contributed by atoms with E-state index < -0.39 is 5.82 Å². The molecule has 1 unspecified atom stereocenters. The van der Waals surface area contributed by atoms with Gasteiger partial charge in [-0.3, -0.25) is 4.79 Å². The molecule has 1 aliphatic rings. The van der Waals surface area contributed by atoms with Crippen molar-refractivity contribution in [2.75, 3.05) is 18.4 Å². The summed E-state index contributed by atoms with van der Waals surface area (Å²) in [6.45, 7) is 2.00. The predicted octanol–water partition coefficient (Wildman–Crippen LogP) is 2.81. The minimum atomic E-state index is -0.501. The van der Waals surface area contributed by atoms with E-state index in [2.05, 4.69) is 10.6 Å². The molecule has 0 saturated carbocycles. The molecule has 18 heavy (non-hydrogen) atoms. The molecule has 0 bridgehead atoms. The standard InChI is InChI=1S/C13H16ClFN2O/c14-10-2-3-12(11(15)7-10)17-13(18)4-1-9-5-6-16-8-9/h2-3,7,9,16H,1,4-6,8H2,(H,17,18). The summed E-state index contributed by atoms with van der Waals surface area (Å²) < 4.78 is 13.4. The Morgan fingerprint density at radius 3 is 3.06 bits per heavy atom. The van der Waals surface area contributed by atoms with Crippen molar-refractivity contribution in [1.82, 2.24) is 5.32 Å². The fraction of sp³-hybridized carbons (Fsp3) is 0.462. The molecule has 5 heteroatoms. The number of rotatable bonds is 4. The first kappa shape index (κ1) is 13.3. The van der Waals surface area contributed by atoms with Crippen molar-refractivity contribution in [3.63, 3.8) is 0 Å². The van der Waals surface area contributed by atoms with Crippen LogP contribution >= 0.6 is 11.6 Å². The lowest BCUT2D eigenvalue weighted by Gasteiger charge is -2.09. The Kier molecular flexibility index (Phi) is 4.55. The molecule has 1 aliphatic heterocycles. The molecule has 1 atom stereocenters. The van der Waals surface area contributed by atoms with Gasteiger partial charge in [-0.05, 0) is 50.0 Å². The van der Waals surface area contributed by atoms with Gasteiger partial charge in [-0.15, -0.1) is 0 Å². The van der Waals surface area contributed by atoms with E-state index in [-0.39, 0.29) is 11.6 Å². The first-order valence-electron chi connectivity index (χ1n) is 6.11. The Balaban J connectivity index is 1.82. The lowest BCUT2D eigenvalue weighted by Crippen LogP contribution is -2.15. The van der Waals surface area contributed by atoms with E-state index >= 15 is 0 Å². The summed E-state index contributed by atoms with van der Waals surface area (Å²) in [5.74, 6) is -0.0904. The summed E-state index contributed by atoms with van der Waals surface area (Å²) in [5, 5.41) is 6.14. The highest BCUT2D eigenvalue weighted by Crippen LogP contribution is 2.20. The monoisotopic (exact) mass is 270 g/mol. The number of carbonyl (C=O) groups is 1. The first-order valence-corrected chi connectivity index (χ1v) is 6.48. The average Bonchev–Trinajstić information content (AvgIpc) is 2.83. The van der Waals surface area contributed by atoms with Crippen LogP contribution in [0.2, 0.25) is 5.02 Å². The zero-order valence-electron chi connectivity index (χ0n) is 10.0. The maximum Gasteiger partial charge on any atom is 0.224 e. The molecule has 1 aromatic carbocycles. The fourth-order valence-electron chi connectivity index (χ4n) is 2.10. The molecule has 0 aliphatic carbocycles. The maximum atomic E-state index is 13.4. The lowest BCUT2D eigenvalue weighted by atomic mass is 10.0. The summed E-state index contributed by atoms with van der Waals surface area (Å²) in [5.41, 5.74) is 0.189. The molecule has 0 radical (unpaired) electrons. The summed E-state index contributed by atoms with van der Waals surface area (Å²) in [4.78, 5) is 11.7. The van der Waals surface area contributed by atoms with E-state index in [1.54, 1.807) is 6.07 Å². The zero-order valence-corrected chi connectivity index (χ0v) is 10.8. The van der Waals surface area contributed by atoms with Crippen molar-refractivity contribution >= 4 is 23.2 Å². The summed E-state index contributed by atoms with van der Waals surface area (Å²) >= 11 is 5.64. The Hall–Kier alpha value is -1.13. The van der Waals surface area contributed by atoms with Crippen molar-refractivity contribution in [2.45, 2.75) is 19.3 Å². The van der Waals surface area contributed by atoms with Crippen molar-refractivity contribution in [3.8, 4) is 0 Å². The first-order chi connectivity index (χ1) is 8.65. The molecule has 2 N–H and O–H groups in total. The van der Waals surface area contributed by atoms with E-state index in [0.717, 1.165) is 25.9 Å². The van der Waals surface area contributed by atoms with Gasteiger partial charge in [-0.25, -0.2) is 4.39 Å². The predicted molar refractivity (Wildman–Crippen MR) is 70.3 cm³/mol. The van der Waals surface area contributed by atoms with Gasteiger partial charge in [0, 0.05) is 11.4 Å². The summed E-state index contributed by atoms with van der Waals surface area (Å²) in [7, 11) is 0. The highest BCUT2D eigenvalue weighted by atomic mass is 35.5. The molecule has 3 nitrogen and oxygen atoms in total. The van der Waals surface area contributed by atoms with Crippen molar-refractivity contribution < 1.29 is 9.18 Å². The van der Waals surface area contributed by atoms with Crippen LogP contribution in [0.1, 0.15) is 19.3 Å². The van der Waals surface area contributed by atoms with Crippen LogP contribution in [0.15, 0.2) is 18.2 Å². The molecule has 98 valence electrons. The number of nitrogens with one attached hydrogen (secondary N) is 2. The Morgan fingerprint density at radius 1 is 1.56 bits per heavy atom. The van der Waals surface area contributed by atoms with Gasteiger partial charge >= 0.3 is 0 Å².